The zero-order valence-electron chi connectivity index (χ0n) is 8.68. The molecule has 15 heavy (non-hydrogen) atoms. The number of sulfone groups is 1. The van der Waals surface area contributed by atoms with Crippen LogP contribution < -0.4 is 5.73 Å². The van der Waals surface area contributed by atoms with E-state index in [1.165, 1.54) is 0 Å². The third-order valence-corrected chi connectivity index (χ3v) is 4.60. The molecule has 0 spiro atoms. The van der Waals surface area contributed by atoms with Crippen molar-refractivity contribution in [1.29, 1.82) is 0 Å². The van der Waals surface area contributed by atoms with Gasteiger partial charge in [0.2, 0.25) is 0 Å². The van der Waals surface area contributed by atoms with Gasteiger partial charge in [-0.3, -0.25) is 0 Å². The first-order valence-corrected chi connectivity index (χ1v) is 6.88. The summed E-state index contributed by atoms with van der Waals surface area (Å²) in [5.41, 5.74) is 6.87. The highest BCUT2D eigenvalue weighted by Gasteiger charge is 2.30. The largest absolute Gasteiger partial charge is 0.384 e. The smallest absolute Gasteiger partial charge is 0.152 e. The molecule has 84 valence electrons. The Morgan fingerprint density at radius 3 is 2.87 bits per heavy atom. The molecular weight excluding hydrogens is 214 g/mol. The van der Waals surface area contributed by atoms with Crippen molar-refractivity contribution in [3.05, 3.63) is 11.8 Å². The lowest BCUT2D eigenvalue weighted by Gasteiger charge is -2.10. The standard InChI is InChI=1S/C9H15N3O2S/c1-2-7-5-11-12(9(7)10)8-3-4-15(13,14)6-8/h5,8H,2-4,6,10H2,1H3. The van der Waals surface area contributed by atoms with E-state index >= 15 is 0 Å². The number of anilines is 1. The Bertz CT molecular complexity index is 464. The molecule has 5 nitrogen and oxygen atoms in total. The van der Waals surface area contributed by atoms with Crippen LogP contribution in [-0.2, 0) is 16.3 Å². The van der Waals surface area contributed by atoms with Gasteiger partial charge >= 0.3 is 0 Å². The molecule has 1 unspecified atom stereocenters. The number of nitrogen functional groups attached to an aromatic ring is 1. The van der Waals surface area contributed by atoms with Gasteiger partial charge < -0.3 is 5.73 Å². The van der Waals surface area contributed by atoms with Crippen molar-refractivity contribution < 1.29 is 8.42 Å². The van der Waals surface area contributed by atoms with Gasteiger partial charge in [-0.05, 0) is 12.8 Å². The van der Waals surface area contributed by atoms with E-state index in [-0.39, 0.29) is 17.5 Å². The Kier molecular flexibility index (Phi) is 2.46. The summed E-state index contributed by atoms with van der Waals surface area (Å²) in [4.78, 5) is 0. The molecule has 1 saturated heterocycles. The predicted molar refractivity (Wildman–Crippen MR) is 58.3 cm³/mol. The topological polar surface area (TPSA) is 78.0 Å². The lowest BCUT2D eigenvalue weighted by Crippen LogP contribution is -2.14. The summed E-state index contributed by atoms with van der Waals surface area (Å²) < 4.78 is 24.3. The van der Waals surface area contributed by atoms with E-state index in [0.717, 1.165) is 12.0 Å². The average Bonchev–Trinajstić information content (AvgIpc) is 2.69. The van der Waals surface area contributed by atoms with Gasteiger partial charge in [-0.1, -0.05) is 6.92 Å². The van der Waals surface area contributed by atoms with Crippen LogP contribution in [0.2, 0.25) is 0 Å². The number of nitrogens with zero attached hydrogens (tertiary/aromatic N) is 2. The molecule has 1 aliphatic rings. The fourth-order valence-electron chi connectivity index (χ4n) is 1.94. The van der Waals surface area contributed by atoms with Gasteiger partial charge in [0.05, 0.1) is 23.7 Å². The van der Waals surface area contributed by atoms with Gasteiger partial charge in [0.15, 0.2) is 9.84 Å². The van der Waals surface area contributed by atoms with E-state index in [4.69, 9.17) is 5.73 Å². The van der Waals surface area contributed by atoms with Crippen LogP contribution in [-0.4, -0.2) is 29.7 Å². The van der Waals surface area contributed by atoms with Gasteiger partial charge in [-0.15, -0.1) is 0 Å². The van der Waals surface area contributed by atoms with E-state index < -0.39 is 9.84 Å². The number of aryl methyl sites for hydroxylation is 1. The highest BCUT2D eigenvalue weighted by Crippen LogP contribution is 2.26. The Morgan fingerprint density at radius 2 is 2.40 bits per heavy atom. The first-order chi connectivity index (χ1) is 7.03. The molecule has 1 atom stereocenters. The number of rotatable bonds is 2. The zero-order chi connectivity index (χ0) is 11.1. The second-order valence-corrected chi connectivity index (χ2v) is 6.14. The minimum Gasteiger partial charge on any atom is -0.384 e. The fourth-order valence-corrected chi connectivity index (χ4v) is 3.63. The first kappa shape index (κ1) is 10.5. The van der Waals surface area contributed by atoms with Crippen molar-refractivity contribution in [2.24, 2.45) is 0 Å². The van der Waals surface area contributed by atoms with Crippen LogP contribution >= 0.6 is 0 Å². The summed E-state index contributed by atoms with van der Waals surface area (Å²) in [6, 6.07) is -0.0738. The van der Waals surface area contributed by atoms with Crippen LogP contribution in [0.25, 0.3) is 0 Å². The summed E-state index contributed by atoms with van der Waals surface area (Å²) in [7, 11) is -2.87. The Balaban J connectivity index is 2.28. The molecule has 1 aliphatic heterocycles. The second-order valence-electron chi connectivity index (χ2n) is 3.91. The molecule has 0 radical (unpaired) electrons. The minimum atomic E-state index is -2.87. The van der Waals surface area contributed by atoms with E-state index in [1.54, 1.807) is 10.9 Å². The Morgan fingerprint density at radius 1 is 1.67 bits per heavy atom. The highest BCUT2D eigenvalue weighted by molar-refractivity contribution is 7.91. The monoisotopic (exact) mass is 229 g/mol. The van der Waals surface area contributed by atoms with Gasteiger partial charge in [0.25, 0.3) is 0 Å². The molecule has 2 heterocycles. The van der Waals surface area contributed by atoms with E-state index in [0.29, 0.717) is 12.2 Å². The maximum absolute atomic E-state index is 11.3. The molecule has 2 N–H and O–H groups in total. The molecule has 0 saturated carbocycles. The minimum absolute atomic E-state index is 0.0738. The highest BCUT2D eigenvalue weighted by atomic mass is 32.2. The SMILES string of the molecule is CCc1cnn(C2CCS(=O)(=O)C2)c1N. The van der Waals surface area contributed by atoms with E-state index in [9.17, 15) is 8.42 Å². The molecule has 0 aromatic carbocycles. The van der Waals surface area contributed by atoms with Crippen molar-refractivity contribution in [3.8, 4) is 0 Å². The summed E-state index contributed by atoms with van der Waals surface area (Å²) in [6.45, 7) is 2.00. The van der Waals surface area contributed by atoms with Crippen molar-refractivity contribution >= 4 is 15.7 Å². The molecule has 0 aliphatic carbocycles. The van der Waals surface area contributed by atoms with Crippen molar-refractivity contribution in [1.82, 2.24) is 9.78 Å². The fraction of sp³-hybridized carbons (Fsp3) is 0.667. The van der Waals surface area contributed by atoms with Crippen molar-refractivity contribution in [2.45, 2.75) is 25.8 Å². The third-order valence-electron chi connectivity index (χ3n) is 2.85. The molecule has 1 fully saturated rings. The quantitative estimate of drug-likeness (QED) is 0.795. The van der Waals surface area contributed by atoms with E-state index in [2.05, 4.69) is 5.10 Å². The number of hydrogen-bond acceptors (Lipinski definition) is 4. The van der Waals surface area contributed by atoms with Crippen LogP contribution in [0, 0.1) is 0 Å². The van der Waals surface area contributed by atoms with Gasteiger partial charge in [0, 0.05) is 5.56 Å². The lowest BCUT2D eigenvalue weighted by atomic mass is 10.2. The summed E-state index contributed by atoms with van der Waals surface area (Å²) in [5, 5.41) is 4.16. The summed E-state index contributed by atoms with van der Waals surface area (Å²) >= 11 is 0. The third kappa shape index (κ3) is 1.86. The molecular formula is C9H15N3O2S. The van der Waals surface area contributed by atoms with Crippen molar-refractivity contribution in [3.63, 3.8) is 0 Å². The molecule has 0 amide bonds. The number of nitrogens with two attached hydrogens (primary N) is 1. The maximum atomic E-state index is 11.3. The van der Waals surface area contributed by atoms with Gasteiger partial charge in [-0.2, -0.15) is 5.10 Å². The molecule has 0 bridgehead atoms. The molecule has 2 rings (SSSR count). The van der Waals surface area contributed by atoms with Crippen LogP contribution in [0.1, 0.15) is 24.9 Å². The van der Waals surface area contributed by atoms with Crippen LogP contribution in [0.5, 0.6) is 0 Å². The Hall–Kier alpha value is -1.04. The van der Waals surface area contributed by atoms with Gasteiger partial charge in [0.1, 0.15) is 5.82 Å². The molecule has 1 aromatic rings. The second kappa shape index (κ2) is 3.52. The van der Waals surface area contributed by atoms with Gasteiger partial charge in [-0.25, -0.2) is 13.1 Å². The van der Waals surface area contributed by atoms with Crippen LogP contribution in [0.15, 0.2) is 6.20 Å². The normalized spacial score (nSPS) is 24.5. The van der Waals surface area contributed by atoms with E-state index in [1.807, 2.05) is 6.92 Å². The Labute approximate surface area is 89.2 Å². The predicted octanol–water partition coefficient (Wildman–Crippen LogP) is 0.387. The lowest BCUT2D eigenvalue weighted by molar-refractivity contribution is 0.506. The van der Waals surface area contributed by atoms with Crippen molar-refractivity contribution in [2.75, 3.05) is 17.2 Å². The van der Waals surface area contributed by atoms with Crippen LogP contribution in [0.3, 0.4) is 0 Å². The average molecular weight is 229 g/mol. The molecule has 1 aromatic heterocycles. The van der Waals surface area contributed by atoms with Crippen LogP contribution in [0.4, 0.5) is 5.82 Å². The summed E-state index contributed by atoms with van der Waals surface area (Å²) in [6.07, 6.45) is 3.17. The summed E-state index contributed by atoms with van der Waals surface area (Å²) in [5.74, 6) is 1.03. The zero-order valence-corrected chi connectivity index (χ0v) is 9.50. The number of aromatic nitrogens is 2. The number of hydrogen-bond donors (Lipinski definition) is 1. The molecule has 6 heteroatoms. The first-order valence-electron chi connectivity index (χ1n) is 5.06. The maximum Gasteiger partial charge on any atom is 0.152 e.